The number of nitrogens with zero attached hydrogens (tertiary/aromatic N) is 2. The van der Waals surface area contributed by atoms with Gasteiger partial charge in [-0.05, 0) is 18.9 Å². The van der Waals surface area contributed by atoms with Crippen molar-refractivity contribution in [1.82, 2.24) is 14.9 Å². The van der Waals surface area contributed by atoms with E-state index in [9.17, 15) is 27.6 Å². The predicted molar refractivity (Wildman–Crippen MR) is 150 cm³/mol. The van der Waals surface area contributed by atoms with Gasteiger partial charge in [-0.1, -0.05) is 56.3 Å². The van der Waals surface area contributed by atoms with Crippen LogP contribution in [0.25, 0.3) is 0 Å². The van der Waals surface area contributed by atoms with Crippen molar-refractivity contribution in [2.75, 3.05) is 19.0 Å². The third kappa shape index (κ3) is 7.56. The van der Waals surface area contributed by atoms with Crippen LogP contribution in [0, 0.1) is 17.5 Å². The zero-order valence-corrected chi connectivity index (χ0v) is 23.3. The lowest BCUT2D eigenvalue weighted by Gasteiger charge is -2.26. The van der Waals surface area contributed by atoms with Gasteiger partial charge in [-0.15, -0.1) is 0 Å². The van der Waals surface area contributed by atoms with Crippen LogP contribution in [0.15, 0.2) is 65.6 Å². The van der Waals surface area contributed by atoms with E-state index in [2.05, 4.69) is 10.7 Å². The van der Waals surface area contributed by atoms with Crippen LogP contribution < -0.4 is 20.9 Å². The third-order valence-corrected chi connectivity index (χ3v) is 6.11. The van der Waals surface area contributed by atoms with Crippen LogP contribution in [0.3, 0.4) is 0 Å². The maximum atomic E-state index is 14.1. The zero-order chi connectivity index (χ0) is 30.1. The van der Waals surface area contributed by atoms with Gasteiger partial charge in [-0.2, -0.15) is 0 Å². The molecule has 8 nitrogen and oxygen atoms in total. The number of ether oxygens (including phenoxy) is 1. The standard InChI is InChI=1S/C28H27F3N4O4.C2H6/c1-17-8-6-7-11-34(2)28(38)24-26(39-16-18-9-4-3-5-10-18)25(36)21(15-35(24)33-17)27(37)32-14-20-22(30)12-19(29)13-23(20)31;1-2/h3-7,9-10,12-13,15,17,33H,8,11,14,16H2,1-2H3,(H,32,37);1-2H3/b7-6-;. The number of nitrogens with one attached hydrogen (secondary N) is 2. The van der Waals surface area contributed by atoms with Crippen LogP contribution in [0.4, 0.5) is 13.2 Å². The Morgan fingerprint density at radius 2 is 1.73 bits per heavy atom. The third-order valence-electron chi connectivity index (χ3n) is 6.11. The number of likely N-dealkylation sites (N-methyl/N-ethyl adjacent to an activating group) is 1. The van der Waals surface area contributed by atoms with Crippen molar-refractivity contribution < 1.29 is 27.5 Å². The molecule has 0 saturated carbocycles. The number of carbonyl (C=O) groups is 2. The Balaban J connectivity index is 0.00000226. The number of amides is 2. The fourth-order valence-electron chi connectivity index (χ4n) is 4.01. The van der Waals surface area contributed by atoms with E-state index in [1.165, 1.54) is 9.58 Å². The highest BCUT2D eigenvalue weighted by atomic mass is 19.1. The number of hydrogen-bond acceptors (Lipinski definition) is 5. The molecule has 1 aliphatic heterocycles. The van der Waals surface area contributed by atoms with Crippen LogP contribution in [-0.2, 0) is 13.2 Å². The summed E-state index contributed by atoms with van der Waals surface area (Å²) in [6, 6.07) is 9.72. The van der Waals surface area contributed by atoms with Gasteiger partial charge in [-0.3, -0.25) is 19.1 Å². The lowest BCUT2D eigenvalue weighted by Crippen LogP contribution is -2.39. The Labute approximate surface area is 236 Å². The molecule has 11 heteroatoms. The van der Waals surface area contributed by atoms with E-state index in [-0.39, 0.29) is 30.6 Å². The fourth-order valence-corrected chi connectivity index (χ4v) is 4.01. The first-order valence-electron chi connectivity index (χ1n) is 13.2. The molecule has 4 rings (SSSR count). The minimum atomic E-state index is -1.18. The number of pyridine rings is 1. The van der Waals surface area contributed by atoms with E-state index in [4.69, 9.17) is 4.74 Å². The van der Waals surface area contributed by atoms with E-state index < -0.39 is 52.4 Å². The summed E-state index contributed by atoms with van der Waals surface area (Å²) >= 11 is 0. The molecule has 218 valence electrons. The molecule has 0 spiro atoms. The van der Waals surface area contributed by atoms with Gasteiger partial charge in [-0.25, -0.2) is 13.2 Å². The molecule has 1 aromatic heterocycles. The van der Waals surface area contributed by atoms with Crippen molar-refractivity contribution in [2.24, 2.45) is 0 Å². The number of carbonyl (C=O) groups excluding carboxylic acids is 2. The summed E-state index contributed by atoms with van der Waals surface area (Å²) in [6.45, 7) is 5.43. The van der Waals surface area contributed by atoms with Crippen LogP contribution >= 0.6 is 0 Å². The summed E-state index contributed by atoms with van der Waals surface area (Å²) in [7, 11) is 1.57. The number of rotatable bonds is 6. The van der Waals surface area contributed by atoms with Gasteiger partial charge in [0.2, 0.25) is 5.43 Å². The number of halogens is 3. The average Bonchev–Trinajstić information content (AvgIpc) is 2.95. The Bertz CT molecular complexity index is 1450. The molecule has 2 aromatic carbocycles. The number of hydrogen-bond donors (Lipinski definition) is 2. The summed E-state index contributed by atoms with van der Waals surface area (Å²) in [4.78, 5) is 41.5. The first-order chi connectivity index (χ1) is 19.7. The molecule has 0 fully saturated rings. The first kappa shape index (κ1) is 31.0. The topological polar surface area (TPSA) is 92.7 Å². The molecular weight excluding hydrogens is 537 g/mol. The summed E-state index contributed by atoms with van der Waals surface area (Å²) in [5.41, 5.74) is 1.84. The molecule has 41 heavy (non-hydrogen) atoms. The maximum absolute atomic E-state index is 14.1. The van der Waals surface area contributed by atoms with Crippen molar-refractivity contribution >= 4 is 11.8 Å². The smallest absolute Gasteiger partial charge is 0.276 e. The van der Waals surface area contributed by atoms with Crippen molar-refractivity contribution in [3.63, 3.8) is 0 Å². The maximum Gasteiger partial charge on any atom is 0.276 e. The summed E-state index contributed by atoms with van der Waals surface area (Å²) < 4.78 is 48.6. The largest absolute Gasteiger partial charge is 0.482 e. The second-order valence-electron chi connectivity index (χ2n) is 9.15. The second-order valence-corrected chi connectivity index (χ2v) is 9.15. The van der Waals surface area contributed by atoms with Crippen LogP contribution in [0.1, 0.15) is 59.2 Å². The van der Waals surface area contributed by atoms with Crippen molar-refractivity contribution in [2.45, 2.75) is 46.4 Å². The molecule has 2 heterocycles. The quantitative estimate of drug-likeness (QED) is 0.417. The molecule has 0 aliphatic carbocycles. The summed E-state index contributed by atoms with van der Waals surface area (Å²) in [5.74, 6) is -5.31. The lowest BCUT2D eigenvalue weighted by atomic mass is 10.1. The SMILES string of the molecule is CC.CC1C/C=C\CN(C)C(=O)c2c(OCc3ccccc3)c(=O)c(C(=O)NCc3c(F)cc(F)cc3F)cn2N1. The molecule has 0 radical (unpaired) electrons. The van der Waals surface area contributed by atoms with Crippen LogP contribution in [0.5, 0.6) is 5.75 Å². The Hall–Kier alpha value is -4.54. The molecule has 1 aliphatic rings. The molecule has 3 aromatic rings. The van der Waals surface area contributed by atoms with Gasteiger partial charge < -0.3 is 20.4 Å². The van der Waals surface area contributed by atoms with Gasteiger partial charge in [0.25, 0.3) is 11.8 Å². The normalized spacial score (nSPS) is 15.5. The van der Waals surface area contributed by atoms with E-state index >= 15 is 0 Å². The minimum absolute atomic E-state index is 0.0629. The molecular formula is C30H33F3N4O4. The highest BCUT2D eigenvalue weighted by Crippen LogP contribution is 2.20. The molecule has 2 N–H and O–H groups in total. The highest BCUT2D eigenvalue weighted by Gasteiger charge is 2.29. The first-order valence-corrected chi connectivity index (χ1v) is 13.2. The van der Waals surface area contributed by atoms with Gasteiger partial charge in [0.15, 0.2) is 11.4 Å². The molecule has 0 saturated heterocycles. The monoisotopic (exact) mass is 570 g/mol. The number of aromatic nitrogens is 1. The molecule has 1 atom stereocenters. The predicted octanol–water partition coefficient (Wildman–Crippen LogP) is 4.76. The molecule has 1 unspecified atom stereocenters. The Morgan fingerprint density at radius 3 is 2.39 bits per heavy atom. The zero-order valence-electron chi connectivity index (χ0n) is 23.3. The van der Waals surface area contributed by atoms with Crippen molar-refractivity contribution in [3.05, 3.63) is 111 Å². The average molecular weight is 571 g/mol. The number of benzene rings is 2. The van der Waals surface area contributed by atoms with E-state index in [0.29, 0.717) is 18.6 Å². The van der Waals surface area contributed by atoms with Gasteiger partial charge >= 0.3 is 0 Å². The van der Waals surface area contributed by atoms with Crippen LogP contribution in [0.2, 0.25) is 0 Å². The number of fused-ring (bicyclic) bond motifs is 1. The van der Waals surface area contributed by atoms with Crippen LogP contribution in [-0.4, -0.2) is 41.0 Å². The van der Waals surface area contributed by atoms with Gasteiger partial charge in [0.05, 0.1) is 0 Å². The van der Waals surface area contributed by atoms with Crippen molar-refractivity contribution in [3.8, 4) is 5.75 Å². The minimum Gasteiger partial charge on any atom is -0.482 e. The van der Waals surface area contributed by atoms with Gasteiger partial charge in [0.1, 0.15) is 29.6 Å². The summed E-state index contributed by atoms with van der Waals surface area (Å²) in [5, 5.41) is 2.30. The fraction of sp³-hybridized carbons (Fsp3) is 0.300. The van der Waals surface area contributed by atoms with Crippen molar-refractivity contribution in [1.29, 1.82) is 0 Å². The van der Waals surface area contributed by atoms with E-state index in [1.807, 2.05) is 39.0 Å². The van der Waals surface area contributed by atoms with E-state index in [1.54, 1.807) is 31.3 Å². The van der Waals surface area contributed by atoms with Gasteiger partial charge in [0, 0.05) is 50.1 Å². The highest BCUT2D eigenvalue weighted by molar-refractivity contribution is 5.98. The molecule has 0 bridgehead atoms. The van der Waals surface area contributed by atoms with E-state index in [0.717, 1.165) is 11.8 Å². The lowest BCUT2D eigenvalue weighted by molar-refractivity contribution is 0.0791. The molecule has 2 amide bonds. The Kier molecular flexibility index (Phi) is 10.7. The Morgan fingerprint density at radius 1 is 1.07 bits per heavy atom. The summed E-state index contributed by atoms with van der Waals surface area (Å²) in [6.07, 6.45) is 5.48. The second kappa shape index (κ2) is 14.2.